The third-order valence-electron chi connectivity index (χ3n) is 7.20. The summed E-state index contributed by atoms with van der Waals surface area (Å²) in [6, 6.07) is 12.5. The minimum Gasteiger partial charge on any atom is -0.508 e. The van der Waals surface area contributed by atoms with Crippen LogP contribution in [0.25, 0.3) is 0 Å². The van der Waals surface area contributed by atoms with Crippen LogP contribution in [0, 0.1) is 0 Å². The van der Waals surface area contributed by atoms with E-state index in [4.69, 9.17) is 0 Å². The Balaban J connectivity index is 1.37. The van der Waals surface area contributed by atoms with Crippen molar-refractivity contribution in [3.63, 3.8) is 0 Å². The largest absolute Gasteiger partial charge is 0.508 e. The molecule has 0 bridgehead atoms. The summed E-state index contributed by atoms with van der Waals surface area (Å²) in [7, 11) is 0. The van der Waals surface area contributed by atoms with E-state index in [1.54, 1.807) is 0 Å². The quantitative estimate of drug-likeness (QED) is 0.539. The smallest absolute Gasteiger partial charge is 0.119 e. The van der Waals surface area contributed by atoms with Crippen LogP contribution in [-0.4, -0.2) is 10.2 Å². The monoisotopic (exact) mass is 392 g/mol. The Hall–Kier alpha value is -1.96. The SMILES string of the molecule is Oc1ccc(CCCc2ccc(O)c(C3CCCCC3)c2)cc1C1CCCCC1. The number of hydrogen-bond donors (Lipinski definition) is 2. The van der Waals surface area contributed by atoms with Crippen molar-refractivity contribution in [2.75, 3.05) is 0 Å². The molecule has 0 aromatic heterocycles. The van der Waals surface area contributed by atoms with Crippen molar-refractivity contribution in [1.29, 1.82) is 0 Å². The summed E-state index contributed by atoms with van der Waals surface area (Å²) in [5.41, 5.74) is 5.03. The molecule has 2 aromatic rings. The van der Waals surface area contributed by atoms with E-state index in [-0.39, 0.29) is 0 Å². The van der Waals surface area contributed by atoms with Gasteiger partial charge in [-0.2, -0.15) is 0 Å². The van der Waals surface area contributed by atoms with Gasteiger partial charge >= 0.3 is 0 Å². The molecule has 2 aliphatic rings. The molecule has 156 valence electrons. The molecule has 2 fully saturated rings. The maximum atomic E-state index is 10.3. The highest BCUT2D eigenvalue weighted by Gasteiger charge is 2.20. The third-order valence-corrected chi connectivity index (χ3v) is 7.20. The molecule has 2 aliphatic carbocycles. The Morgan fingerprint density at radius 3 is 1.41 bits per heavy atom. The molecule has 2 aromatic carbocycles. The van der Waals surface area contributed by atoms with Crippen molar-refractivity contribution in [2.45, 2.75) is 95.3 Å². The summed E-state index contributed by atoms with van der Waals surface area (Å²) in [4.78, 5) is 0. The van der Waals surface area contributed by atoms with E-state index >= 15 is 0 Å². The van der Waals surface area contributed by atoms with Gasteiger partial charge in [-0.25, -0.2) is 0 Å². The molecule has 0 unspecified atom stereocenters. The second-order valence-corrected chi connectivity index (χ2v) is 9.31. The fourth-order valence-electron chi connectivity index (χ4n) is 5.50. The lowest BCUT2D eigenvalue weighted by Gasteiger charge is -2.23. The highest BCUT2D eigenvalue weighted by molar-refractivity contribution is 5.40. The van der Waals surface area contributed by atoms with Crippen LogP contribution in [0.15, 0.2) is 36.4 Å². The molecule has 29 heavy (non-hydrogen) atoms. The van der Waals surface area contributed by atoms with Crippen LogP contribution in [0.2, 0.25) is 0 Å². The molecule has 0 amide bonds. The van der Waals surface area contributed by atoms with Crippen molar-refractivity contribution < 1.29 is 10.2 Å². The molecule has 0 radical (unpaired) electrons. The maximum Gasteiger partial charge on any atom is 0.119 e. The van der Waals surface area contributed by atoms with Crippen LogP contribution in [0.4, 0.5) is 0 Å². The Morgan fingerprint density at radius 1 is 0.586 bits per heavy atom. The van der Waals surface area contributed by atoms with E-state index in [2.05, 4.69) is 24.3 Å². The van der Waals surface area contributed by atoms with E-state index < -0.39 is 0 Å². The molecular weight excluding hydrogens is 356 g/mol. The van der Waals surface area contributed by atoms with Gasteiger partial charge in [0.1, 0.15) is 11.5 Å². The van der Waals surface area contributed by atoms with Crippen molar-refractivity contribution >= 4 is 0 Å². The van der Waals surface area contributed by atoms with Gasteiger partial charge in [0.15, 0.2) is 0 Å². The standard InChI is InChI=1S/C27H36O2/c28-26-16-14-20(18-24(26)22-10-3-1-4-11-22)8-7-9-21-15-17-27(29)25(19-21)23-12-5-2-6-13-23/h14-19,22-23,28-29H,1-13H2. The lowest BCUT2D eigenvalue weighted by atomic mass is 9.82. The number of aryl methyl sites for hydroxylation is 2. The first-order chi connectivity index (χ1) is 14.2. The van der Waals surface area contributed by atoms with Crippen LogP contribution in [0.3, 0.4) is 0 Å². The molecule has 0 heterocycles. The van der Waals surface area contributed by atoms with Gasteiger partial charge in [-0.15, -0.1) is 0 Å². The fraction of sp³-hybridized carbons (Fsp3) is 0.556. The van der Waals surface area contributed by atoms with Crippen LogP contribution < -0.4 is 0 Å². The van der Waals surface area contributed by atoms with Crippen molar-refractivity contribution in [2.24, 2.45) is 0 Å². The fourth-order valence-corrected chi connectivity index (χ4v) is 5.50. The normalized spacial score (nSPS) is 18.8. The van der Waals surface area contributed by atoms with Gasteiger partial charge in [0.25, 0.3) is 0 Å². The summed E-state index contributed by atoms with van der Waals surface area (Å²) < 4.78 is 0. The summed E-state index contributed by atoms with van der Waals surface area (Å²) in [5.74, 6) is 2.05. The van der Waals surface area contributed by atoms with Crippen LogP contribution in [0.5, 0.6) is 11.5 Å². The molecule has 0 atom stereocenters. The molecule has 0 saturated heterocycles. The molecule has 2 nitrogen and oxygen atoms in total. The van der Waals surface area contributed by atoms with Gasteiger partial charge < -0.3 is 10.2 Å². The van der Waals surface area contributed by atoms with Gasteiger partial charge in [-0.1, -0.05) is 62.8 Å². The van der Waals surface area contributed by atoms with Crippen molar-refractivity contribution in [3.8, 4) is 11.5 Å². The van der Waals surface area contributed by atoms with Gasteiger partial charge in [-0.3, -0.25) is 0 Å². The minimum atomic E-state index is 0.483. The number of rotatable bonds is 6. The summed E-state index contributed by atoms with van der Waals surface area (Å²) in [6.45, 7) is 0. The molecular formula is C27H36O2. The lowest BCUT2D eigenvalue weighted by Crippen LogP contribution is -2.06. The predicted octanol–water partition coefficient (Wildman–Crippen LogP) is 7.37. The number of aromatic hydroxyl groups is 2. The average molecular weight is 393 g/mol. The molecule has 4 rings (SSSR count). The van der Waals surface area contributed by atoms with Crippen molar-refractivity contribution in [1.82, 2.24) is 0 Å². The van der Waals surface area contributed by atoms with E-state index in [1.807, 2.05) is 12.1 Å². The van der Waals surface area contributed by atoms with E-state index in [9.17, 15) is 10.2 Å². The number of phenolic OH excluding ortho intramolecular Hbond substituents is 2. The number of benzene rings is 2. The molecule has 0 spiro atoms. The number of phenols is 2. The summed E-state index contributed by atoms with van der Waals surface area (Å²) in [6.07, 6.45) is 15.9. The van der Waals surface area contributed by atoms with E-state index in [1.165, 1.54) is 86.5 Å². The second-order valence-electron chi connectivity index (χ2n) is 9.31. The van der Waals surface area contributed by atoms with Crippen LogP contribution >= 0.6 is 0 Å². The first-order valence-corrected chi connectivity index (χ1v) is 11.8. The topological polar surface area (TPSA) is 40.5 Å². The van der Waals surface area contributed by atoms with Crippen LogP contribution in [0.1, 0.15) is 105 Å². The third kappa shape index (κ3) is 5.15. The average Bonchev–Trinajstić information content (AvgIpc) is 2.77. The molecule has 2 saturated carbocycles. The molecule has 2 N–H and O–H groups in total. The first kappa shape index (κ1) is 20.3. The highest BCUT2D eigenvalue weighted by Crippen LogP contribution is 2.39. The molecule has 2 heteroatoms. The first-order valence-electron chi connectivity index (χ1n) is 11.8. The Bertz CT molecular complexity index is 731. The number of hydrogen-bond acceptors (Lipinski definition) is 2. The second kappa shape index (κ2) is 9.69. The highest BCUT2D eigenvalue weighted by atomic mass is 16.3. The molecule has 0 aliphatic heterocycles. The Morgan fingerprint density at radius 2 is 1.00 bits per heavy atom. The maximum absolute atomic E-state index is 10.3. The van der Waals surface area contributed by atoms with Gasteiger partial charge in [0.2, 0.25) is 0 Å². The zero-order chi connectivity index (χ0) is 20.1. The Kier molecular flexibility index (Phi) is 6.79. The summed E-state index contributed by atoms with van der Waals surface area (Å²) in [5, 5.41) is 20.7. The lowest BCUT2D eigenvalue weighted by molar-refractivity contribution is 0.414. The predicted molar refractivity (Wildman–Crippen MR) is 120 cm³/mol. The van der Waals surface area contributed by atoms with E-state index in [0.717, 1.165) is 19.3 Å². The van der Waals surface area contributed by atoms with Crippen molar-refractivity contribution in [3.05, 3.63) is 58.7 Å². The van der Waals surface area contributed by atoms with E-state index in [0.29, 0.717) is 23.3 Å². The summed E-state index contributed by atoms with van der Waals surface area (Å²) >= 11 is 0. The Labute approximate surface area is 176 Å². The van der Waals surface area contributed by atoms with Gasteiger partial charge in [0, 0.05) is 0 Å². The zero-order valence-corrected chi connectivity index (χ0v) is 17.7. The van der Waals surface area contributed by atoms with Gasteiger partial charge in [0.05, 0.1) is 0 Å². The minimum absolute atomic E-state index is 0.483. The zero-order valence-electron chi connectivity index (χ0n) is 17.7. The van der Waals surface area contributed by atoms with Gasteiger partial charge in [-0.05, 0) is 91.2 Å². The van der Waals surface area contributed by atoms with Crippen LogP contribution in [-0.2, 0) is 12.8 Å².